The van der Waals surface area contributed by atoms with Gasteiger partial charge in [0.05, 0.1) is 12.3 Å². The fourth-order valence-corrected chi connectivity index (χ4v) is 3.08. The molecule has 3 aromatic rings. The standard InChI is InChI=1S/C19H17ClFN5O2S/c1-11-2-7-14(21)8-15(11)23-17(27)10-29-19-24-16(25-26-19)9-22-18(28)12-3-5-13(20)6-4-12/h2-8H,9-10H2,1H3,(H,22,28)(H,23,27)(H,24,25,26). The Balaban J connectivity index is 1.47. The van der Waals surface area contributed by atoms with Crippen LogP contribution in [0.2, 0.25) is 5.02 Å². The predicted molar refractivity (Wildman–Crippen MR) is 109 cm³/mol. The fourth-order valence-electron chi connectivity index (χ4n) is 2.33. The number of anilines is 1. The van der Waals surface area contributed by atoms with Crippen molar-refractivity contribution in [2.24, 2.45) is 0 Å². The van der Waals surface area contributed by atoms with E-state index in [1.54, 1.807) is 37.3 Å². The lowest BCUT2D eigenvalue weighted by Crippen LogP contribution is -2.23. The molecule has 0 aliphatic carbocycles. The highest BCUT2D eigenvalue weighted by molar-refractivity contribution is 7.99. The zero-order valence-corrected chi connectivity index (χ0v) is 16.9. The van der Waals surface area contributed by atoms with Gasteiger partial charge in [0.25, 0.3) is 5.91 Å². The maximum absolute atomic E-state index is 13.3. The second kappa shape index (κ2) is 9.53. The third-order valence-electron chi connectivity index (χ3n) is 3.84. The van der Waals surface area contributed by atoms with Crippen LogP contribution >= 0.6 is 23.4 Å². The zero-order chi connectivity index (χ0) is 20.8. The summed E-state index contributed by atoms with van der Waals surface area (Å²) in [6.45, 7) is 1.94. The second-order valence-corrected chi connectivity index (χ2v) is 7.43. The number of amides is 2. The van der Waals surface area contributed by atoms with Crippen LogP contribution in [-0.2, 0) is 11.3 Å². The van der Waals surface area contributed by atoms with Crippen molar-refractivity contribution in [3.63, 3.8) is 0 Å². The summed E-state index contributed by atoms with van der Waals surface area (Å²) in [6.07, 6.45) is 0. The molecular weight excluding hydrogens is 417 g/mol. The highest BCUT2D eigenvalue weighted by Gasteiger charge is 2.11. The summed E-state index contributed by atoms with van der Waals surface area (Å²) in [5.74, 6) is -0.470. The normalized spacial score (nSPS) is 10.6. The van der Waals surface area contributed by atoms with Gasteiger partial charge >= 0.3 is 0 Å². The molecule has 0 bridgehead atoms. The Bertz CT molecular complexity index is 1030. The lowest BCUT2D eigenvalue weighted by molar-refractivity contribution is -0.113. The number of aromatic amines is 1. The van der Waals surface area contributed by atoms with Crippen LogP contribution in [0, 0.1) is 12.7 Å². The maximum Gasteiger partial charge on any atom is 0.251 e. The number of halogens is 2. The molecule has 150 valence electrons. The zero-order valence-electron chi connectivity index (χ0n) is 15.3. The summed E-state index contributed by atoms with van der Waals surface area (Å²) in [4.78, 5) is 28.4. The lowest BCUT2D eigenvalue weighted by atomic mass is 10.2. The van der Waals surface area contributed by atoms with Crippen molar-refractivity contribution in [2.45, 2.75) is 18.6 Å². The first-order chi connectivity index (χ1) is 13.9. The largest absolute Gasteiger partial charge is 0.345 e. The molecule has 0 saturated heterocycles. The third-order valence-corrected chi connectivity index (χ3v) is 4.94. The Kier molecular flexibility index (Phi) is 6.84. The van der Waals surface area contributed by atoms with E-state index in [0.717, 1.165) is 17.3 Å². The summed E-state index contributed by atoms with van der Waals surface area (Å²) in [5.41, 5.74) is 1.67. The molecule has 0 aliphatic rings. The highest BCUT2D eigenvalue weighted by Crippen LogP contribution is 2.18. The first-order valence-corrected chi connectivity index (χ1v) is 9.91. The molecule has 0 atom stereocenters. The van der Waals surface area contributed by atoms with E-state index in [9.17, 15) is 14.0 Å². The summed E-state index contributed by atoms with van der Waals surface area (Å²) in [5, 5.41) is 13.0. The van der Waals surface area contributed by atoms with Crippen LogP contribution in [0.15, 0.2) is 47.6 Å². The molecule has 0 spiro atoms. The monoisotopic (exact) mass is 433 g/mol. The number of hydrogen-bond donors (Lipinski definition) is 3. The van der Waals surface area contributed by atoms with Crippen LogP contribution in [0.3, 0.4) is 0 Å². The van der Waals surface area contributed by atoms with Crippen LogP contribution in [0.25, 0.3) is 0 Å². The number of hydrogen-bond acceptors (Lipinski definition) is 5. The molecule has 1 aromatic heterocycles. The van der Waals surface area contributed by atoms with Gasteiger partial charge in [0.2, 0.25) is 11.1 Å². The number of benzene rings is 2. The Morgan fingerprint density at radius 1 is 1.21 bits per heavy atom. The number of aromatic nitrogens is 3. The molecule has 0 unspecified atom stereocenters. The van der Waals surface area contributed by atoms with E-state index < -0.39 is 5.82 Å². The van der Waals surface area contributed by atoms with Crippen molar-refractivity contribution in [2.75, 3.05) is 11.1 Å². The van der Waals surface area contributed by atoms with Crippen molar-refractivity contribution >= 4 is 40.9 Å². The van der Waals surface area contributed by atoms with Crippen LogP contribution in [0.5, 0.6) is 0 Å². The van der Waals surface area contributed by atoms with E-state index in [1.165, 1.54) is 12.1 Å². The third kappa shape index (κ3) is 6.03. The van der Waals surface area contributed by atoms with Crippen LogP contribution < -0.4 is 10.6 Å². The quantitative estimate of drug-likeness (QED) is 0.495. The molecule has 2 amide bonds. The van der Waals surface area contributed by atoms with Gasteiger partial charge in [-0.25, -0.2) is 9.37 Å². The average molecular weight is 434 g/mol. The van der Waals surface area contributed by atoms with E-state index in [1.807, 2.05) is 0 Å². The average Bonchev–Trinajstić information content (AvgIpc) is 3.16. The highest BCUT2D eigenvalue weighted by atomic mass is 35.5. The summed E-state index contributed by atoms with van der Waals surface area (Å²) < 4.78 is 13.3. The fraction of sp³-hybridized carbons (Fsp3) is 0.158. The van der Waals surface area contributed by atoms with Crippen LogP contribution in [0.4, 0.5) is 10.1 Å². The first kappa shape index (κ1) is 20.8. The molecule has 29 heavy (non-hydrogen) atoms. The van der Waals surface area contributed by atoms with Crippen molar-refractivity contribution in [3.8, 4) is 0 Å². The van der Waals surface area contributed by atoms with Gasteiger partial charge in [0.1, 0.15) is 11.6 Å². The molecule has 0 radical (unpaired) electrons. The Hall–Kier alpha value is -2.91. The Morgan fingerprint density at radius 2 is 1.97 bits per heavy atom. The van der Waals surface area contributed by atoms with Crippen LogP contribution in [-0.4, -0.2) is 32.7 Å². The molecular formula is C19H17ClFN5O2S. The van der Waals surface area contributed by atoms with Gasteiger partial charge in [0.15, 0.2) is 0 Å². The topological polar surface area (TPSA) is 99.8 Å². The van der Waals surface area contributed by atoms with E-state index in [2.05, 4.69) is 25.8 Å². The van der Waals surface area contributed by atoms with Gasteiger partial charge in [-0.2, -0.15) is 0 Å². The SMILES string of the molecule is Cc1ccc(F)cc1NC(=O)CSc1n[nH]c(CNC(=O)c2ccc(Cl)cc2)n1. The molecule has 2 aromatic carbocycles. The minimum atomic E-state index is -0.419. The molecule has 3 N–H and O–H groups in total. The van der Waals surface area contributed by atoms with Gasteiger partial charge in [-0.1, -0.05) is 29.4 Å². The Morgan fingerprint density at radius 3 is 2.72 bits per heavy atom. The van der Waals surface area contributed by atoms with E-state index >= 15 is 0 Å². The molecule has 7 nitrogen and oxygen atoms in total. The molecule has 0 aliphatic heterocycles. The van der Waals surface area contributed by atoms with Gasteiger partial charge in [0, 0.05) is 16.3 Å². The number of nitrogens with zero attached hydrogens (tertiary/aromatic N) is 2. The summed E-state index contributed by atoms with van der Waals surface area (Å²) in [7, 11) is 0. The smallest absolute Gasteiger partial charge is 0.251 e. The van der Waals surface area contributed by atoms with Gasteiger partial charge in [-0.3, -0.25) is 14.7 Å². The molecule has 0 saturated carbocycles. The lowest BCUT2D eigenvalue weighted by Gasteiger charge is -2.07. The second-order valence-electron chi connectivity index (χ2n) is 6.05. The van der Waals surface area contributed by atoms with Gasteiger partial charge in [-0.15, -0.1) is 5.10 Å². The number of H-pyrrole nitrogens is 1. The number of rotatable bonds is 7. The molecule has 0 fully saturated rings. The first-order valence-electron chi connectivity index (χ1n) is 8.54. The number of carbonyl (C=O) groups excluding carboxylic acids is 2. The van der Waals surface area contributed by atoms with Crippen molar-refractivity contribution < 1.29 is 14.0 Å². The van der Waals surface area contributed by atoms with Crippen molar-refractivity contribution in [3.05, 3.63) is 70.3 Å². The van der Waals surface area contributed by atoms with Crippen LogP contribution in [0.1, 0.15) is 21.7 Å². The number of thioether (sulfide) groups is 1. The van der Waals surface area contributed by atoms with Crippen molar-refractivity contribution in [1.82, 2.24) is 20.5 Å². The maximum atomic E-state index is 13.3. The van der Waals surface area contributed by atoms with Gasteiger partial charge in [-0.05, 0) is 48.9 Å². The minimum absolute atomic E-state index is 0.0599. The minimum Gasteiger partial charge on any atom is -0.345 e. The molecule has 10 heteroatoms. The molecule has 3 rings (SSSR count). The number of aryl methyl sites for hydroxylation is 1. The predicted octanol–water partition coefficient (Wildman–Crippen LogP) is 3.57. The van der Waals surface area contributed by atoms with E-state index in [0.29, 0.717) is 27.3 Å². The van der Waals surface area contributed by atoms with Crippen molar-refractivity contribution in [1.29, 1.82) is 0 Å². The molecule has 1 heterocycles. The summed E-state index contributed by atoms with van der Waals surface area (Å²) in [6, 6.07) is 10.7. The summed E-state index contributed by atoms with van der Waals surface area (Å²) >= 11 is 6.93. The number of carbonyl (C=O) groups is 2. The van der Waals surface area contributed by atoms with E-state index in [4.69, 9.17) is 11.6 Å². The number of nitrogens with one attached hydrogen (secondary N) is 3. The Labute approximate surface area is 175 Å². The van der Waals surface area contributed by atoms with Gasteiger partial charge < -0.3 is 10.6 Å². The van der Waals surface area contributed by atoms with E-state index in [-0.39, 0.29) is 24.1 Å².